The predicted molar refractivity (Wildman–Crippen MR) is 73.6 cm³/mol. The molecule has 0 bridgehead atoms. The van der Waals surface area contributed by atoms with Crippen molar-refractivity contribution in [3.63, 3.8) is 0 Å². The van der Waals surface area contributed by atoms with Gasteiger partial charge < -0.3 is 5.11 Å². The van der Waals surface area contributed by atoms with Crippen molar-refractivity contribution in [1.29, 1.82) is 0 Å². The summed E-state index contributed by atoms with van der Waals surface area (Å²) in [7, 11) is 0. The Morgan fingerprint density at radius 1 is 0.944 bits per heavy atom. The monoisotopic (exact) mass is 245 g/mol. The lowest BCUT2D eigenvalue weighted by molar-refractivity contribution is 0.000218. The summed E-state index contributed by atoms with van der Waals surface area (Å²) in [4.78, 5) is 2.49. The van der Waals surface area contributed by atoms with Crippen LogP contribution in [0.2, 0.25) is 0 Å². The van der Waals surface area contributed by atoms with Crippen molar-refractivity contribution in [3.05, 3.63) is 35.9 Å². The standard InChI is InChI=1S/C16H23NO/c18-16-10-6-2-5-9-15(16)17-11-14(12-17)13-7-3-1-4-8-13/h1,3-4,7-8,14-16,18H,2,5-6,9-12H2. The predicted octanol–water partition coefficient (Wildman–Crippen LogP) is 2.78. The molecule has 0 radical (unpaired) electrons. The number of hydrogen-bond donors (Lipinski definition) is 1. The summed E-state index contributed by atoms with van der Waals surface area (Å²) >= 11 is 0. The van der Waals surface area contributed by atoms with Gasteiger partial charge in [-0.25, -0.2) is 0 Å². The van der Waals surface area contributed by atoms with E-state index in [0.29, 0.717) is 12.0 Å². The normalized spacial score (nSPS) is 30.7. The molecule has 0 amide bonds. The number of aliphatic hydroxyl groups is 1. The summed E-state index contributed by atoms with van der Waals surface area (Å²) in [6.07, 6.45) is 5.87. The number of rotatable bonds is 2. The van der Waals surface area contributed by atoms with Gasteiger partial charge in [0.25, 0.3) is 0 Å². The fourth-order valence-corrected chi connectivity index (χ4v) is 3.41. The molecule has 2 nitrogen and oxygen atoms in total. The topological polar surface area (TPSA) is 23.5 Å². The number of nitrogens with zero attached hydrogens (tertiary/aromatic N) is 1. The molecule has 1 heterocycles. The second kappa shape index (κ2) is 5.41. The molecule has 2 atom stereocenters. The Labute approximate surface area is 110 Å². The Hall–Kier alpha value is -0.860. The zero-order chi connectivity index (χ0) is 12.4. The maximum Gasteiger partial charge on any atom is 0.0695 e. The van der Waals surface area contributed by atoms with Crippen LogP contribution in [-0.2, 0) is 0 Å². The van der Waals surface area contributed by atoms with Crippen molar-refractivity contribution in [3.8, 4) is 0 Å². The summed E-state index contributed by atoms with van der Waals surface area (Å²) in [5, 5.41) is 10.2. The average molecular weight is 245 g/mol. The fraction of sp³-hybridized carbons (Fsp3) is 0.625. The summed E-state index contributed by atoms with van der Waals surface area (Å²) in [5.74, 6) is 0.682. The SMILES string of the molecule is OC1CCCCCC1N1CC(c2ccccc2)C1. The van der Waals surface area contributed by atoms with E-state index < -0.39 is 0 Å². The van der Waals surface area contributed by atoms with E-state index >= 15 is 0 Å². The Kier molecular flexibility index (Phi) is 3.67. The lowest BCUT2D eigenvalue weighted by atomic mass is 9.88. The van der Waals surface area contributed by atoms with Crippen LogP contribution in [0.25, 0.3) is 0 Å². The van der Waals surface area contributed by atoms with Gasteiger partial charge in [0.1, 0.15) is 0 Å². The van der Waals surface area contributed by atoms with Gasteiger partial charge in [0.2, 0.25) is 0 Å². The van der Waals surface area contributed by atoms with Gasteiger partial charge in [-0.1, -0.05) is 49.6 Å². The molecule has 1 aromatic carbocycles. The van der Waals surface area contributed by atoms with E-state index in [2.05, 4.69) is 35.2 Å². The zero-order valence-electron chi connectivity index (χ0n) is 11.0. The largest absolute Gasteiger partial charge is 0.391 e. The Morgan fingerprint density at radius 3 is 2.44 bits per heavy atom. The summed E-state index contributed by atoms with van der Waals surface area (Å²) in [6.45, 7) is 2.26. The quantitative estimate of drug-likeness (QED) is 0.810. The third-order valence-corrected chi connectivity index (χ3v) is 4.59. The van der Waals surface area contributed by atoms with E-state index in [1.165, 1.54) is 31.2 Å². The molecule has 98 valence electrons. The molecule has 2 aliphatic rings. The van der Waals surface area contributed by atoms with Gasteiger partial charge in [0.05, 0.1) is 6.10 Å². The molecule has 2 heteroatoms. The van der Waals surface area contributed by atoms with Crippen LogP contribution in [-0.4, -0.2) is 35.2 Å². The molecule has 1 aromatic rings. The van der Waals surface area contributed by atoms with Crippen molar-refractivity contribution in [1.82, 2.24) is 4.90 Å². The number of likely N-dealkylation sites (tertiary alicyclic amines) is 1. The van der Waals surface area contributed by atoms with Crippen molar-refractivity contribution < 1.29 is 5.11 Å². The summed E-state index contributed by atoms with van der Waals surface area (Å²) < 4.78 is 0. The van der Waals surface area contributed by atoms with Crippen LogP contribution < -0.4 is 0 Å². The molecular formula is C16H23NO. The highest BCUT2D eigenvalue weighted by atomic mass is 16.3. The Bertz CT molecular complexity index is 372. The van der Waals surface area contributed by atoms with Crippen LogP contribution in [0.3, 0.4) is 0 Å². The number of aliphatic hydroxyl groups excluding tert-OH is 1. The van der Waals surface area contributed by atoms with Crippen LogP contribution in [0.1, 0.15) is 43.6 Å². The zero-order valence-corrected chi connectivity index (χ0v) is 11.0. The molecule has 1 saturated heterocycles. The number of benzene rings is 1. The van der Waals surface area contributed by atoms with E-state index in [-0.39, 0.29) is 6.10 Å². The van der Waals surface area contributed by atoms with Gasteiger partial charge in [-0.05, 0) is 18.4 Å². The highest BCUT2D eigenvalue weighted by Crippen LogP contribution is 2.33. The number of hydrogen-bond acceptors (Lipinski definition) is 2. The minimum absolute atomic E-state index is 0.0933. The van der Waals surface area contributed by atoms with E-state index in [0.717, 1.165) is 19.5 Å². The van der Waals surface area contributed by atoms with Gasteiger partial charge in [-0.3, -0.25) is 4.90 Å². The van der Waals surface area contributed by atoms with E-state index in [4.69, 9.17) is 0 Å². The van der Waals surface area contributed by atoms with Gasteiger partial charge in [-0.15, -0.1) is 0 Å². The minimum atomic E-state index is -0.0933. The lowest BCUT2D eigenvalue weighted by Gasteiger charge is -2.46. The Morgan fingerprint density at radius 2 is 1.67 bits per heavy atom. The smallest absolute Gasteiger partial charge is 0.0695 e. The Balaban J connectivity index is 1.58. The van der Waals surface area contributed by atoms with Crippen molar-refractivity contribution in [2.45, 2.75) is 50.2 Å². The molecule has 3 rings (SSSR count). The molecular weight excluding hydrogens is 222 g/mol. The van der Waals surface area contributed by atoms with Gasteiger partial charge in [-0.2, -0.15) is 0 Å². The summed E-state index contributed by atoms with van der Waals surface area (Å²) in [6, 6.07) is 11.2. The van der Waals surface area contributed by atoms with Crippen molar-refractivity contribution >= 4 is 0 Å². The van der Waals surface area contributed by atoms with Crippen LogP contribution in [0.5, 0.6) is 0 Å². The van der Waals surface area contributed by atoms with Crippen LogP contribution in [0, 0.1) is 0 Å². The second-order valence-corrected chi connectivity index (χ2v) is 5.83. The van der Waals surface area contributed by atoms with Gasteiger partial charge in [0, 0.05) is 25.0 Å². The molecule has 1 N–H and O–H groups in total. The first-order valence-corrected chi connectivity index (χ1v) is 7.31. The molecule has 1 saturated carbocycles. The molecule has 0 aromatic heterocycles. The van der Waals surface area contributed by atoms with Crippen molar-refractivity contribution in [2.24, 2.45) is 0 Å². The van der Waals surface area contributed by atoms with Crippen LogP contribution >= 0.6 is 0 Å². The second-order valence-electron chi connectivity index (χ2n) is 5.83. The first-order valence-electron chi connectivity index (χ1n) is 7.31. The third kappa shape index (κ3) is 2.45. The van der Waals surface area contributed by atoms with Gasteiger partial charge >= 0.3 is 0 Å². The fourth-order valence-electron chi connectivity index (χ4n) is 3.41. The van der Waals surface area contributed by atoms with Gasteiger partial charge in [0.15, 0.2) is 0 Å². The van der Waals surface area contributed by atoms with Crippen LogP contribution in [0.15, 0.2) is 30.3 Å². The maximum atomic E-state index is 10.2. The van der Waals surface area contributed by atoms with E-state index in [1.807, 2.05) is 0 Å². The van der Waals surface area contributed by atoms with Crippen molar-refractivity contribution in [2.75, 3.05) is 13.1 Å². The third-order valence-electron chi connectivity index (χ3n) is 4.59. The highest BCUT2D eigenvalue weighted by molar-refractivity contribution is 5.23. The molecule has 0 spiro atoms. The molecule has 1 aliphatic carbocycles. The maximum absolute atomic E-state index is 10.2. The minimum Gasteiger partial charge on any atom is -0.391 e. The first kappa shape index (κ1) is 12.2. The highest BCUT2D eigenvalue weighted by Gasteiger charge is 2.36. The molecule has 18 heavy (non-hydrogen) atoms. The van der Waals surface area contributed by atoms with E-state index in [9.17, 15) is 5.11 Å². The molecule has 1 aliphatic heterocycles. The lowest BCUT2D eigenvalue weighted by Crippen LogP contribution is -2.54. The summed E-state index contributed by atoms with van der Waals surface area (Å²) in [5.41, 5.74) is 1.46. The average Bonchev–Trinajstić information content (AvgIpc) is 2.55. The molecule has 2 fully saturated rings. The first-order chi connectivity index (χ1) is 8.84. The van der Waals surface area contributed by atoms with E-state index in [1.54, 1.807) is 0 Å². The molecule has 2 unspecified atom stereocenters. The van der Waals surface area contributed by atoms with Crippen LogP contribution in [0.4, 0.5) is 0 Å².